The second-order valence-electron chi connectivity index (χ2n) is 3.48. The molecule has 1 rings (SSSR count). The van der Waals surface area contributed by atoms with E-state index in [4.69, 9.17) is 16.7 Å². The topological polar surface area (TPSA) is 23.5 Å². The number of hydrogen-bond donors (Lipinski definition) is 1. The highest BCUT2D eigenvalue weighted by molar-refractivity contribution is 9.10. The Morgan fingerprint density at radius 1 is 1.50 bits per heavy atom. The Morgan fingerprint density at radius 3 is 2.88 bits per heavy atom. The third kappa shape index (κ3) is 4.26. The molecule has 0 aliphatic rings. The number of aliphatic hydroxyl groups is 1. The lowest BCUT2D eigenvalue weighted by molar-refractivity contribution is 0.203. The van der Waals surface area contributed by atoms with Crippen LogP contribution in [0.2, 0.25) is 5.02 Å². The highest BCUT2D eigenvalue weighted by atomic mass is 79.9. The molecule has 0 saturated carbocycles. The third-order valence-electron chi connectivity index (χ3n) is 2.21. The second-order valence-corrected chi connectivity index (χ2v) is 4.77. The van der Waals surface area contributed by atoms with E-state index in [1.807, 2.05) is 24.3 Å². The maximum Gasteiger partial charge on any atom is 0.0558 e. The van der Waals surface area contributed by atoms with E-state index in [1.54, 1.807) is 0 Å². The number of halogens is 2. The van der Waals surface area contributed by atoms with Crippen LogP contribution in [-0.4, -0.2) is 29.7 Å². The van der Waals surface area contributed by atoms with Crippen LogP contribution in [0.15, 0.2) is 35.3 Å². The summed E-state index contributed by atoms with van der Waals surface area (Å²) in [6.07, 6.45) is 1.83. The first-order valence-corrected chi connectivity index (χ1v) is 6.22. The molecule has 0 heterocycles. The van der Waals surface area contributed by atoms with Gasteiger partial charge in [0.2, 0.25) is 0 Å². The highest BCUT2D eigenvalue weighted by Crippen LogP contribution is 2.22. The molecule has 4 heteroatoms. The summed E-state index contributed by atoms with van der Waals surface area (Å²) in [6, 6.07) is 5.71. The van der Waals surface area contributed by atoms with Crippen LogP contribution in [-0.2, 0) is 6.54 Å². The Hall–Kier alpha value is -0.350. The molecule has 0 aliphatic heterocycles. The van der Waals surface area contributed by atoms with Crippen molar-refractivity contribution in [1.29, 1.82) is 0 Å². The molecule has 1 aromatic rings. The summed E-state index contributed by atoms with van der Waals surface area (Å²) in [6.45, 7) is 5.97. The van der Waals surface area contributed by atoms with Crippen LogP contribution >= 0.6 is 27.5 Å². The van der Waals surface area contributed by atoms with Crippen molar-refractivity contribution in [3.05, 3.63) is 45.9 Å². The molecular formula is C12H15BrClNO. The maximum absolute atomic E-state index is 8.95. The van der Waals surface area contributed by atoms with E-state index in [2.05, 4.69) is 27.4 Å². The summed E-state index contributed by atoms with van der Waals surface area (Å²) in [5, 5.41) is 9.67. The normalized spacial score (nSPS) is 10.8. The van der Waals surface area contributed by atoms with Gasteiger partial charge < -0.3 is 5.11 Å². The van der Waals surface area contributed by atoms with Gasteiger partial charge in [0.05, 0.1) is 6.61 Å². The summed E-state index contributed by atoms with van der Waals surface area (Å²) >= 11 is 9.43. The van der Waals surface area contributed by atoms with E-state index in [0.717, 1.165) is 28.1 Å². The van der Waals surface area contributed by atoms with Crippen LogP contribution in [0.1, 0.15) is 5.56 Å². The lowest BCUT2D eigenvalue weighted by Crippen LogP contribution is -2.26. The lowest BCUT2D eigenvalue weighted by Gasteiger charge is -2.20. The van der Waals surface area contributed by atoms with Gasteiger partial charge >= 0.3 is 0 Å². The van der Waals surface area contributed by atoms with Crippen molar-refractivity contribution in [3.8, 4) is 0 Å². The minimum Gasteiger partial charge on any atom is -0.395 e. The van der Waals surface area contributed by atoms with E-state index in [-0.39, 0.29) is 6.61 Å². The Labute approximate surface area is 110 Å². The molecular weight excluding hydrogens is 289 g/mol. The summed E-state index contributed by atoms with van der Waals surface area (Å²) in [4.78, 5) is 2.10. The van der Waals surface area contributed by atoms with Gasteiger partial charge in [-0.15, -0.1) is 6.58 Å². The quantitative estimate of drug-likeness (QED) is 0.817. The number of hydrogen-bond acceptors (Lipinski definition) is 2. The third-order valence-corrected chi connectivity index (χ3v) is 3.21. The van der Waals surface area contributed by atoms with Crippen molar-refractivity contribution in [3.63, 3.8) is 0 Å². The number of nitrogens with zero attached hydrogens (tertiary/aromatic N) is 1. The largest absolute Gasteiger partial charge is 0.395 e. The predicted octanol–water partition coefficient (Wildman–Crippen LogP) is 3.08. The summed E-state index contributed by atoms with van der Waals surface area (Å²) < 4.78 is 1.03. The van der Waals surface area contributed by atoms with Gasteiger partial charge in [-0.3, -0.25) is 4.90 Å². The number of aliphatic hydroxyl groups excluding tert-OH is 1. The molecule has 0 bridgehead atoms. The van der Waals surface area contributed by atoms with Crippen molar-refractivity contribution >= 4 is 27.5 Å². The molecule has 0 radical (unpaired) electrons. The Balaban J connectivity index is 2.75. The molecule has 2 nitrogen and oxygen atoms in total. The van der Waals surface area contributed by atoms with Crippen molar-refractivity contribution in [1.82, 2.24) is 4.90 Å². The van der Waals surface area contributed by atoms with Gasteiger partial charge in [-0.25, -0.2) is 0 Å². The fraction of sp³-hybridized carbons (Fsp3) is 0.333. The molecule has 0 aliphatic carbocycles. The first-order valence-electron chi connectivity index (χ1n) is 5.05. The monoisotopic (exact) mass is 303 g/mol. The zero-order valence-corrected chi connectivity index (χ0v) is 11.3. The maximum atomic E-state index is 8.95. The molecule has 0 atom stereocenters. The Kier molecular flexibility index (Phi) is 6.06. The smallest absolute Gasteiger partial charge is 0.0558 e. The van der Waals surface area contributed by atoms with Gasteiger partial charge in [-0.2, -0.15) is 0 Å². The van der Waals surface area contributed by atoms with Crippen molar-refractivity contribution in [2.24, 2.45) is 0 Å². The molecule has 88 valence electrons. The molecule has 16 heavy (non-hydrogen) atoms. The van der Waals surface area contributed by atoms with Crippen LogP contribution in [0.5, 0.6) is 0 Å². The fourth-order valence-electron chi connectivity index (χ4n) is 1.46. The van der Waals surface area contributed by atoms with Crippen LogP contribution in [0.3, 0.4) is 0 Å². The molecule has 0 amide bonds. The summed E-state index contributed by atoms with van der Waals surface area (Å²) in [5.41, 5.74) is 1.11. The molecule has 0 fully saturated rings. The van der Waals surface area contributed by atoms with Gasteiger partial charge in [-0.1, -0.05) is 33.6 Å². The molecule has 1 N–H and O–H groups in total. The lowest BCUT2D eigenvalue weighted by atomic mass is 10.2. The van der Waals surface area contributed by atoms with Gasteiger partial charge in [0.25, 0.3) is 0 Å². The molecule has 0 unspecified atom stereocenters. The SMILES string of the molecule is C=CCN(CCO)Cc1cc(Cl)ccc1Br. The average molecular weight is 305 g/mol. The van der Waals surface area contributed by atoms with Crippen molar-refractivity contribution < 1.29 is 5.11 Å². The molecule has 0 saturated heterocycles. The van der Waals surface area contributed by atoms with E-state index >= 15 is 0 Å². The van der Waals surface area contributed by atoms with E-state index in [9.17, 15) is 0 Å². The number of benzene rings is 1. The standard InChI is InChI=1S/C12H15BrClNO/c1-2-5-15(6-7-16)9-10-8-11(14)3-4-12(10)13/h2-4,8,16H,1,5-7,9H2. The fourth-order valence-corrected chi connectivity index (χ4v) is 2.03. The first kappa shape index (κ1) is 13.7. The van der Waals surface area contributed by atoms with Gasteiger partial charge in [0.1, 0.15) is 0 Å². The highest BCUT2D eigenvalue weighted by Gasteiger charge is 2.07. The molecule has 1 aromatic carbocycles. The average Bonchev–Trinajstić information content (AvgIpc) is 2.24. The predicted molar refractivity (Wildman–Crippen MR) is 71.7 cm³/mol. The van der Waals surface area contributed by atoms with Crippen molar-refractivity contribution in [2.45, 2.75) is 6.54 Å². The second kappa shape index (κ2) is 7.07. The van der Waals surface area contributed by atoms with Crippen LogP contribution in [0.4, 0.5) is 0 Å². The van der Waals surface area contributed by atoms with Gasteiger partial charge in [0.15, 0.2) is 0 Å². The number of rotatable bonds is 6. The van der Waals surface area contributed by atoms with Crippen LogP contribution < -0.4 is 0 Å². The van der Waals surface area contributed by atoms with E-state index in [1.165, 1.54) is 0 Å². The van der Waals surface area contributed by atoms with E-state index < -0.39 is 0 Å². The van der Waals surface area contributed by atoms with Crippen LogP contribution in [0.25, 0.3) is 0 Å². The molecule has 0 spiro atoms. The van der Waals surface area contributed by atoms with Crippen LogP contribution in [0, 0.1) is 0 Å². The summed E-state index contributed by atoms with van der Waals surface area (Å²) in [5.74, 6) is 0. The zero-order chi connectivity index (χ0) is 12.0. The summed E-state index contributed by atoms with van der Waals surface area (Å²) in [7, 11) is 0. The van der Waals surface area contributed by atoms with Gasteiger partial charge in [-0.05, 0) is 23.8 Å². The zero-order valence-electron chi connectivity index (χ0n) is 9.00. The van der Waals surface area contributed by atoms with Crippen molar-refractivity contribution in [2.75, 3.05) is 19.7 Å². The molecule has 0 aromatic heterocycles. The Morgan fingerprint density at radius 2 is 2.25 bits per heavy atom. The van der Waals surface area contributed by atoms with E-state index in [0.29, 0.717) is 6.54 Å². The minimum atomic E-state index is 0.145. The first-order chi connectivity index (χ1) is 7.67. The van der Waals surface area contributed by atoms with Gasteiger partial charge in [0, 0.05) is 29.1 Å². The Bertz CT molecular complexity index is 357. The minimum absolute atomic E-state index is 0.145.